The molecule has 0 unspecified atom stereocenters. The predicted molar refractivity (Wildman–Crippen MR) is 50.3 cm³/mol. The minimum Gasteiger partial charge on any atom is -0.207 e. The highest BCUT2D eigenvalue weighted by atomic mass is 19.1. The summed E-state index contributed by atoms with van der Waals surface area (Å²) in [4.78, 5) is 0. The molecule has 0 saturated carbocycles. The molecule has 0 saturated heterocycles. The second kappa shape index (κ2) is 4.42. The molecule has 0 aliphatic rings. The molecular weight excluding hydrogens is 165 g/mol. The second-order valence-electron chi connectivity index (χ2n) is 2.66. The summed E-state index contributed by atoms with van der Waals surface area (Å²) in [6, 6.07) is 8.14. The van der Waals surface area contributed by atoms with Crippen LogP contribution in [0.5, 0.6) is 0 Å². The van der Waals surface area contributed by atoms with Gasteiger partial charge >= 0.3 is 0 Å². The van der Waals surface area contributed by atoms with Gasteiger partial charge in [-0.25, -0.2) is 4.39 Å². The van der Waals surface area contributed by atoms with E-state index in [9.17, 15) is 4.39 Å². The quantitative estimate of drug-likeness (QED) is 0.633. The maximum absolute atomic E-state index is 12.6. The fourth-order valence-electron chi connectivity index (χ4n) is 1.13. The van der Waals surface area contributed by atoms with E-state index in [1.165, 1.54) is 18.2 Å². The van der Waals surface area contributed by atoms with E-state index in [1.807, 2.05) is 13.0 Å². The Labute approximate surface area is 77.1 Å². The van der Waals surface area contributed by atoms with Gasteiger partial charge < -0.3 is 0 Å². The zero-order valence-corrected chi connectivity index (χ0v) is 7.42. The lowest BCUT2D eigenvalue weighted by Gasteiger charge is -2.01. The molecule has 13 heavy (non-hydrogen) atoms. The molecule has 66 valence electrons. The minimum atomic E-state index is -0.254. The first-order valence-electron chi connectivity index (χ1n) is 4.12. The van der Waals surface area contributed by atoms with E-state index in [-0.39, 0.29) is 5.82 Å². The third kappa shape index (κ3) is 2.41. The molecular formula is C11H10FN. The van der Waals surface area contributed by atoms with Gasteiger partial charge in [0.25, 0.3) is 0 Å². The Hall–Kier alpha value is -1.62. The van der Waals surface area contributed by atoms with Gasteiger partial charge in [-0.2, -0.15) is 5.26 Å². The summed E-state index contributed by atoms with van der Waals surface area (Å²) in [5.41, 5.74) is 1.84. The molecule has 0 fully saturated rings. The first-order chi connectivity index (χ1) is 6.27. The predicted octanol–water partition coefficient (Wildman–Crippen LogP) is 3.14. The molecule has 0 aliphatic heterocycles. The van der Waals surface area contributed by atoms with Crippen LogP contribution in [0.2, 0.25) is 0 Å². The number of allylic oxidation sites excluding steroid dienone is 2. The van der Waals surface area contributed by atoms with Gasteiger partial charge in [0.05, 0.1) is 6.07 Å². The Morgan fingerprint density at radius 2 is 2.08 bits per heavy atom. The topological polar surface area (TPSA) is 23.8 Å². The van der Waals surface area contributed by atoms with Crippen molar-refractivity contribution in [2.75, 3.05) is 0 Å². The normalized spacial score (nSPS) is 11.0. The summed E-state index contributed by atoms with van der Waals surface area (Å²) >= 11 is 0. The molecule has 2 heteroatoms. The number of nitrogens with zero attached hydrogens (tertiary/aromatic N) is 1. The van der Waals surface area contributed by atoms with Crippen molar-refractivity contribution in [1.82, 2.24) is 0 Å². The molecule has 1 rings (SSSR count). The Morgan fingerprint density at radius 1 is 1.46 bits per heavy atom. The van der Waals surface area contributed by atoms with Crippen molar-refractivity contribution in [3.63, 3.8) is 0 Å². The zero-order valence-electron chi connectivity index (χ0n) is 7.42. The highest BCUT2D eigenvalue weighted by molar-refractivity contribution is 5.67. The van der Waals surface area contributed by atoms with Crippen LogP contribution in [-0.4, -0.2) is 0 Å². The average molecular weight is 175 g/mol. The van der Waals surface area contributed by atoms with Crippen LogP contribution >= 0.6 is 0 Å². The third-order valence-corrected chi connectivity index (χ3v) is 1.83. The molecule has 1 nitrogen and oxygen atoms in total. The van der Waals surface area contributed by atoms with Gasteiger partial charge in [0, 0.05) is 6.08 Å². The molecule has 0 bridgehead atoms. The molecule has 0 atom stereocenters. The van der Waals surface area contributed by atoms with Crippen LogP contribution in [0.4, 0.5) is 4.39 Å². The lowest BCUT2D eigenvalue weighted by atomic mass is 10.0. The Balaban J connectivity index is 3.01. The summed E-state index contributed by atoms with van der Waals surface area (Å²) < 4.78 is 12.6. The monoisotopic (exact) mass is 175 g/mol. The largest absolute Gasteiger partial charge is 0.207 e. The fraction of sp³-hybridized carbons (Fsp3) is 0.182. The molecule has 0 spiro atoms. The third-order valence-electron chi connectivity index (χ3n) is 1.83. The zero-order chi connectivity index (χ0) is 9.68. The van der Waals surface area contributed by atoms with Gasteiger partial charge in [-0.3, -0.25) is 0 Å². The Morgan fingerprint density at radius 3 is 2.54 bits per heavy atom. The number of hydrogen-bond donors (Lipinski definition) is 0. The fourth-order valence-corrected chi connectivity index (χ4v) is 1.13. The number of benzene rings is 1. The molecule has 1 aromatic carbocycles. The lowest BCUT2D eigenvalue weighted by Crippen LogP contribution is -1.82. The smallest absolute Gasteiger partial charge is 0.123 e. The van der Waals surface area contributed by atoms with E-state index >= 15 is 0 Å². The van der Waals surface area contributed by atoms with Gasteiger partial charge in [0.2, 0.25) is 0 Å². The van der Waals surface area contributed by atoms with E-state index < -0.39 is 0 Å². The van der Waals surface area contributed by atoms with Crippen molar-refractivity contribution in [1.29, 1.82) is 5.26 Å². The van der Waals surface area contributed by atoms with E-state index in [0.29, 0.717) is 0 Å². The van der Waals surface area contributed by atoms with Gasteiger partial charge in [-0.1, -0.05) is 19.1 Å². The van der Waals surface area contributed by atoms with Crippen molar-refractivity contribution in [3.05, 3.63) is 41.7 Å². The number of nitriles is 1. The van der Waals surface area contributed by atoms with Crippen molar-refractivity contribution >= 4 is 5.57 Å². The van der Waals surface area contributed by atoms with Gasteiger partial charge in [-0.05, 0) is 29.7 Å². The van der Waals surface area contributed by atoms with E-state index in [2.05, 4.69) is 0 Å². The Bertz CT molecular complexity index is 343. The minimum absolute atomic E-state index is 0.254. The second-order valence-corrected chi connectivity index (χ2v) is 2.66. The first kappa shape index (κ1) is 9.47. The van der Waals surface area contributed by atoms with E-state index in [4.69, 9.17) is 5.26 Å². The van der Waals surface area contributed by atoms with Crippen LogP contribution in [-0.2, 0) is 0 Å². The molecule has 0 radical (unpaired) electrons. The molecule has 0 heterocycles. The van der Waals surface area contributed by atoms with Crippen LogP contribution < -0.4 is 0 Å². The number of hydrogen-bond acceptors (Lipinski definition) is 1. The molecule has 0 aromatic heterocycles. The average Bonchev–Trinajstić information content (AvgIpc) is 2.16. The van der Waals surface area contributed by atoms with Gasteiger partial charge in [-0.15, -0.1) is 0 Å². The van der Waals surface area contributed by atoms with Gasteiger partial charge in [0.15, 0.2) is 0 Å². The molecule has 0 N–H and O–H groups in total. The summed E-state index contributed by atoms with van der Waals surface area (Å²) in [6.07, 6.45) is 2.27. The lowest BCUT2D eigenvalue weighted by molar-refractivity contribution is 0.627. The maximum atomic E-state index is 12.6. The van der Waals surface area contributed by atoms with Crippen LogP contribution in [0.3, 0.4) is 0 Å². The van der Waals surface area contributed by atoms with Crippen LogP contribution in [0.25, 0.3) is 5.57 Å². The standard InChI is InChI=1S/C11H10FN/c1-2-9(7-8-13)10-3-5-11(12)6-4-10/h3-7H,2H2,1H3/b9-7-. The van der Waals surface area contributed by atoms with E-state index in [1.54, 1.807) is 12.1 Å². The molecule has 0 amide bonds. The maximum Gasteiger partial charge on any atom is 0.123 e. The Kier molecular flexibility index (Phi) is 3.22. The summed E-state index contributed by atoms with van der Waals surface area (Å²) in [7, 11) is 0. The van der Waals surface area contributed by atoms with Crippen molar-refractivity contribution in [2.24, 2.45) is 0 Å². The SMILES string of the molecule is CC/C(=C/C#N)c1ccc(F)cc1. The van der Waals surface area contributed by atoms with Crippen LogP contribution in [0.15, 0.2) is 30.3 Å². The van der Waals surface area contributed by atoms with Crippen molar-refractivity contribution in [2.45, 2.75) is 13.3 Å². The van der Waals surface area contributed by atoms with Gasteiger partial charge in [0.1, 0.15) is 5.82 Å². The number of rotatable bonds is 2. The summed E-state index contributed by atoms with van der Waals surface area (Å²) in [5, 5.41) is 8.48. The van der Waals surface area contributed by atoms with E-state index in [0.717, 1.165) is 17.6 Å². The summed E-state index contributed by atoms with van der Waals surface area (Å²) in [5.74, 6) is -0.254. The molecule has 1 aromatic rings. The van der Waals surface area contributed by atoms with Crippen molar-refractivity contribution in [3.8, 4) is 6.07 Å². The van der Waals surface area contributed by atoms with Crippen LogP contribution in [0.1, 0.15) is 18.9 Å². The summed E-state index contributed by atoms with van der Waals surface area (Å²) in [6.45, 7) is 1.96. The highest BCUT2D eigenvalue weighted by Gasteiger charge is 1.98. The highest BCUT2D eigenvalue weighted by Crippen LogP contribution is 2.17. The molecule has 0 aliphatic carbocycles. The van der Waals surface area contributed by atoms with Crippen molar-refractivity contribution < 1.29 is 4.39 Å². The first-order valence-corrected chi connectivity index (χ1v) is 4.12. The van der Waals surface area contributed by atoms with Crippen LogP contribution in [0, 0.1) is 17.1 Å². The number of halogens is 1.